The third kappa shape index (κ3) is 3.82. The van der Waals surface area contributed by atoms with E-state index >= 15 is 0 Å². The number of aliphatic carboxylic acids is 1. The zero-order valence-corrected chi connectivity index (χ0v) is 11.6. The lowest BCUT2D eigenvalue weighted by molar-refractivity contribution is -0.140. The highest BCUT2D eigenvalue weighted by Gasteiger charge is 2.25. The van der Waals surface area contributed by atoms with Crippen molar-refractivity contribution in [2.24, 2.45) is 5.92 Å². The Morgan fingerprint density at radius 3 is 2.74 bits per heavy atom. The fourth-order valence-corrected chi connectivity index (χ4v) is 2.29. The summed E-state index contributed by atoms with van der Waals surface area (Å²) in [6, 6.07) is 6.64. The number of carboxylic acids is 1. The van der Waals surface area contributed by atoms with E-state index in [0.717, 1.165) is 4.47 Å². The van der Waals surface area contributed by atoms with Crippen molar-refractivity contribution < 1.29 is 14.7 Å². The van der Waals surface area contributed by atoms with Gasteiger partial charge in [-0.1, -0.05) is 34.1 Å². The fourth-order valence-electron chi connectivity index (χ4n) is 1.89. The number of amides is 2. The maximum atomic E-state index is 11.7. The first kappa shape index (κ1) is 13.6. The van der Waals surface area contributed by atoms with Gasteiger partial charge in [-0.2, -0.15) is 0 Å². The second-order valence-corrected chi connectivity index (χ2v) is 5.20. The van der Waals surface area contributed by atoms with E-state index in [9.17, 15) is 9.59 Å². The standard InChI is InChI=1S/C13H13BrN2O3/c14-9-2-1-3-10(7-9)15-13(19)16-11-5-4-8(6-11)12(17)18/h1-5,7-8,11H,6H2,(H,17,18)(H2,15,16,19). The molecule has 3 N–H and O–H groups in total. The van der Waals surface area contributed by atoms with Crippen LogP contribution in [-0.4, -0.2) is 23.1 Å². The molecule has 0 aromatic heterocycles. The molecular formula is C13H13BrN2O3. The van der Waals surface area contributed by atoms with E-state index in [1.54, 1.807) is 24.3 Å². The number of anilines is 1. The van der Waals surface area contributed by atoms with E-state index in [1.165, 1.54) is 0 Å². The predicted molar refractivity (Wildman–Crippen MR) is 75.0 cm³/mol. The molecule has 0 fully saturated rings. The second-order valence-electron chi connectivity index (χ2n) is 4.28. The molecule has 2 amide bonds. The summed E-state index contributed by atoms with van der Waals surface area (Å²) in [6.07, 6.45) is 3.70. The lowest BCUT2D eigenvalue weighted by Crippen LogP contribution is -2.36. The molecule has 0 heterocycles. The predicted octanol–water partition coefficient (Wildman–Crippen LogP) is 2.60. The Hall–Kier alpha value is -1.82. The van der Waals surface area contributed by atoms with E-state index in [0.29, 0.717) is 12.1 Å². The van der Waals surface area contributed by atoms with Crippen LogP contribution in [0.15, 0.2) is 40.9 Å². The van der Waals surface area contributed by atoms with Gasteiger partial charge in [-0.3, -0.25) is 4.79 Å². The summed E-state index contributed by atoms with van der Waals surface area (Å²) in [7, 11) is 0. The highest BCUT2D eigenvalue weighted by Crippen LogP contribution is 2.19. The summed E-state index contributed by atoms with van der Waals surface area (Å²) in [5.74, 6) is -1.39. The quantitative estimate of drug-likeness (QED) is 0.748. The number of hydrogen-bond acceptors (Lipinski definition) is 2. The highest BCUT2D eigenvalue weighted by molar-refractivity contribution is 9.10. The fraction of sp³-hybridized carbons (Fsp3) is 0.231. The Morgan fingerprint density at radius 2 is 2.11 bits per heavy atom. The van der Waals surface area contributed by atoms with Gasteiger partial charge in [0.2, 0.25) is 0 Å². The van der Waals surface area contributed by atoms with Crippen molar-refractivity contribution in [1.82, 2.24) is 5.32 Å². The van der Waals surface area contributed by atoms with Gasteiger partial charge in [-0.25, -0.2) is 4.79 Å². The van der Waals surface area contributed by atoms with E-state index in [2.05, 4.69) is 26.6 Å². The van der Waals surface area contributed by atoms with Crippen LogP contribution in [0.25, 0.3) is 0 Å². The Labute approximate surface area is 118 Å². The minimum absolute atomic E-state index is 0.242. The average molecular weight is 325 g/mol. The number of rotatable bonds is 3. The molecule has 6 heteroatoms. The molecule has 2 rings (SSSR count). The summed E-state index contributed by atoms with van der Waals surface area (Å²) < 4.78 is 0.872. The zero-order chi connectivity index (χ0) is 13.8. The first-order chi connectivity index (χ1) is 9.04. The number of nitrogens with one attached hydrogen (secondary N) is 2. The van der Waals surface area contributed by atoms with Crippen molar-refractivity contribution in [2.45, 2.75) is 12.5 Å². The first-order valence-corrected chi connectivity index (χ1v) is 6.58. The average Bonchev–Trinajstić information content (AvgIpc) is 2.77. The zero-order valence-electron chi connectivity index (χ0n) is 9.97. The molecule has 1 aromatic carbocycles. The van der Waals surface area contributed by atoms with Gasteiger partial charge in [0.1, 0.15) is 0 Å². The summed E-state index contributed by atoms with van der Waals surface area (Å²) in [5.41, 5.74) is 0.670. The van der Waals surface area contributed by atoms with Crippen LogP contribution in [0.2, 0.25) is 0 Å². The summed E-state index contributed by atoms with van der Waals surface area (Å²) in [6.45, 7) is 0. The smallest absolute Gasteiger partial charge is 0.319 e. The SMILES string of the molecule is O=C(Nc1cccc(Br)c1)NC1C=CC(C(=O)O)C1. The van der Waals surface area contributed by atoms with Gasteiger partial charge in [0.05, 0.1) is 12.0 Å². The molecule has 1 aliphatic rings. The molecule has 0 saturated heterocycles. The maximum absolute atomic E-state index is 11.7. The number of halogens is 1. The summed E-state index contributed by atoms with van der Waals surface area (Å²) in [4.78, 5) is 22.5. The van der Waals surface area contributed by atoms with Gasteiger partial charge < -0.3 is 15.7 Å². The van der Waals surface area contributed by atoms with Gasteiger partial charge >= 0.3 is 12.0 Å². The molecule has 5 nitrogen and oxygen atoms in total. The molecule has 2 atom stereocenters. The van der Waals surface area contributed by atoms with Gasteiger partial charge in [0.25, 0.3) is 0 Å². The number of urea groups is 1. The van der Waals surface area contributed by atoms with Crippen molar-refractivity contribution >= 4 is 33.6 Å². The molecule has 100 valence electrons. The van der Waals surface area contributed by atoms with E-state index in [1.807, 2.05) is 12.1 Å². The topological polar surface area (TPSA) is 78.4 Å². The van der Waals surface area contributed by atoms with Crippen LogP contribution in [0.3, 0.4) is 0 Å². The highest BCUT2D eigenvalue weighted by atomic mass is 79.9. The number of carbonyl (C=O) groups excluding carboxylic acids is 1. The molecule has 0 aliphatic heterocycles. The van der Waals surface area contributed by atoms with Gasteiger partial charge in [-0.05, 0) is 24.6 Å². The third-order valence-electron chi connectivity index (χ3n) is 2.80. The molecule has 1 aliphatic carbocycles. The minimum atomic E-state index is -0.868. The number of hydrogen-bond donors (Lipinski definition) is 3. The van der Waals surface area contributed by atoms with Crippen molar-refractivity contribution in [3.63, 3.8) is 0 Å². The lowest BCUT2D eigenvalue weighted by atomic mass is 10.1. The van der Waals surface area contributed by atoms with Crippen molar-refractivity contribution in [2.75, 3.05) is 5.32 Å². The van der Waals surface area contributed by atoms with Crippen LogP contribution in [0, 0.1) is 5.92 Å². The Bertz CT molecular complexity index is 530. The van der Waals surface area contributed by atoms with Gasteiger partial charge in [-0.15, -0.1) is 0 Å². The number of carbonyl (C=O) groups is 2. The molecule has 0 bridgehead atoms. The molecular weight excluding hydrogens is 312 g/mol. The molecule has 1 aromatic rings. The molecule has 0 saturated carbocycles. The van der Waals surface area contributed by atoms with Crippen LogP contribution in [0.5, 0.6) is 0 Å². The molecule has 0 radical (unpaired) electrons. The van der Waals surface area contributed by atoms with Crippen LogP contribution in [0.4, 0.5) is 10.5 Å². The lowest BCUT2D eigenvalue weighted by Gasteiger charge is -2.13. The Kier molecular flexibility index (Phi) is 4.21. The van der Waals surface area contributed by atoms with Gasteiger partial charge in [0.15, 0.2) is 0 Å². The molecule has 0 spiro atoms. The summed E-state index contributed by atoms with van der Waals surface area (Å²) in [5, 5.41) is 14.3. The Morgan fingerprint density at radius 1 is 1.32 bits per heavy atom. The molecule has 2 unspecified atom stereocenters. The van der Waals surface area contributed by atoms with Gasteiger partial charge in [0, 0.05) is 10.2 Å². The van der Waals surface area contributed by atoms with E-state index in [-0.39, 0.29) is 12.1 Å². The third-order valence-corrected chi connectivity index (χ3v) is 3.29. The van der Waals surface area contributed by atoms with Crippen LogP contribution < -0.4 is 10.6 Å². The van der Waals surface area contributed by atoms with Crippen molar-refractivity contribution in [3.8, 4) is 0 Å². The molecule has 19 heavy (non-hydrogen) atoms. The monoisotopic (exact) mass is 324 g/mol. The largest absolute Gasteiger partial charge is 0.481 e. The first-order valence-electron chi connectivity index (χ1n) is 5.79. The minimum Gasteiger partial charge on any atom is -0.481 e. The van der Waals surface area contributed by atoms with Crippen LogP contribution in [-0.2, 0) is 4.79 Å². The number of carboxylic acid groups (broad SMARTS) is 1. The normalized spacial score (nSPS) is 21.1. The number of benzene rings is 1. The second kappa shape index (κ2) is 5.88. The van der Waals surface area contributed by atoms with E-state index < -0.39 is 11.9 Å². The van der Waals surface area contributed by atoms with Crippen LogP contribution in [0.1, 0.15) is 6.42 Å². The van der Waals surface area contributed by atoms with E-state index in [4.69, 9.17) is 5.11 Å². The maximum Gasteiger partial charge on any atom is 0.319 e. The van der Waals surface area contributed by atoms with Crippen molar-refractivity contribution in [1.29, 1.82) is 0 Å². The van der Waals surface area contributed by atoms with Crippen LogP contribution >= 0.6 is 15.9 Å². The summed E-state index contributed by atoms with van der Waals surface area (Å²) >= 11 is 3.32. The Balaban J connectivity index is 1.86. The van der Waals surface area contributed by atoms with Crippen molar-refractivity contribution in [3.05, 3.63) is 40.9 Å².